The lowest BCUT2D eigenvalue weighted by molar-refractivity contribution is -0.142. The zero-order valence-corrected chi connectivity index (χ0v) is 17.8. The van der Waals surface area contributed by atoms with Gasteiger partial charge in [0.1, 0.15) is 12.1 Å². The average molecular weight is 447 g/mol. The van der Waals surface area contributed by atoms with Crippen molar-refractivity contribution in [3.05, 3.63) is 84.3 Å². The number of carbonyl (C=O) groups is 1. The van der Waals surface area contributed by atoms with Gasteiger partial charge in [-0.25, -0.2) is 19.3 Å². The summed E-state index contributed by atoms with van der Waals surface area (Å²) in [5, 5.41) is 9.99. The molecule has 0 bridgehead atoms. The number of carboxylic acid groups (broad SMARTS) is 1. The van der Waals surface area contributed by atoms with Gasteiger partial charge in [0, 0.05) is 37.5 Å². The molecular formula is C24H19FN4O2S. The minimum atomic E-state index is -0.768. The fraction of sp³-hybridized carbons (Fsp3) is 0.167. The normalized spacial score (nSPS) is 13.7. The number of benzene rings is 2. The van der Waals surface area contributed by atoms with Crippen LogP contribution in [-0.2, 0) is 11.2 Å². The van der Waals surface area contributed by atoms with Crippen LogP contribution in [0.3, 0.4) is 0 Å². The van der Waals surface area contributed by atoms with Gasteiger partial charge >= 0.3 is 5.97 Å². The third-order valence-electron chi connectivity index (χ3n) is 5.51. The molecule has 0 spiro atoms. The molecule has 0 unspecified atom stereocenters. The Morgan fingerprint density at radius 2 is 1.62 bits per heavy atom. The van der Waals surface area contributed by atoms with E-state index in [-0.39, 0.29) is 11.7 Å². The number of hydrogen-bond acceptors (Lipinski definition) is 6. The zero-order valence-electron chi connectivity index (χ0n) is 17.0. The summed E-state index contributed by atoms with van der Waals surface area (Å²) in [6.45, 7) is 0.943. The van der Waals surface area contributed by atoms with Gasteiger partial charge in [0.15, 0.2) is 5.13 Å². The Kier molecular flexibility index (Phi) is 5.36. The Morgan fingerprint density at radius 3 is 2.25 bits per heavy atom. The minimum Gasteiger partial charge on any atom is -0.481 e. The van der Waals surface area contributed by atoms with Gasteiger partial charge in [-0.1, -0.05) is 47.7 Å². The molecule has 8 heteroatoms. The molecule has 32 heavy (non-hydrogen) atoms. The number of carboxylic acids is 1. The van der Waals surface area contributed by atoms with Gasteiger partial charge in [0.05, 0.1) is 16.5 Å². The standard InChI is InChI=1S/C24H19FN4O2S/c25-20-7-5-17(6-8-20)16-3-1-15(2-4-16)9-21-22(18-10-26-14-27-11-18)32-24(28-21)29-12-19(13-29)23(30)31/h1-8,10-11,14,19H,9,12-13H2,(H,30,31). The Balaban J connectivity index is 1.41. The number of aliphatic carboxylic acids is 1. The fourth-order valence-corrected chi connectivity index (χ4v) is 4.75. The number of rotatable bonds is 6. The highest BCUT2D eigenvalue weighted by Gasteiger charge is 2.34. The Labute approximate surface area is 188 Å². The third kappa shape index (κ3) is 4.09. The van der Waals surface area contributed by atoms with Gasteiger partial charge in [0.2, 0.25) is 0 Å². The van der Waals surface area contributed by atoms with E-state index in [2.05, 4.69) is 9.97 Å². The summed E-state index contributed by atoms with van der Waals surface area (Å²) < 4.78 is 13.2. The first kappa shape index (κ1) is 20.3. The molecule has 0 aliphatic carbocycles. The first-order chi connectivity index (χ1) is 15.6. The van der Waals surface area contributed by atoms with Crippen molar-refractivity contribution < 1.29 is 14.3 Å². The van der Waals surface area contributed by atoms with Gasteiger partial charge in [0.25, 0.3) is 0 Å². The van der Waals surface area contributed by atoms with Crippen LogP contribution in [0.1, 0.15) is 11.3 Å². The van der Waals surface area contributed by atoms with E-state index in [0.29, 0.717) is 19.5 Å². The molecule has 0 saturated carbocycles. The van der Waals surface area contributed by atoms with Crippen LogP contribution in [0, 0.1) is 11.7 Å². The molecule has 1 saturated heterocycles. The van der Waals surface area contributed by atoms with Gasteiger partial charge < -0.3 is 10.0 Å². The Morgan fingerprint density at radius 1 is 1.00 bits per heavy atom. The number of nitrogens with zero attached hydrogens (tertiary/aromatic N) is 4. The van der Waals surface area contributed by atoms with Gasteiger partial charge in [-0.2, -0.15) is 0 Å². The molecule has 3 heterocycles. The molecule has 1 N–H and O–H groups in total. The van der Waals surface area contributed by atoms with Crippen LogP contribution in [0.15, 0.2) is 67.3 Å². The maximum Gasteiger partial charge on any atom is 0.310 e. The SMILES string of the molecule is O=C(O)C1CN(c2nc(Cc3ccc(-c4ccc(F)cc4)cc3)c(-c3cncnc3)s2)C1. The summed E-state index contributed by atoms with van der Waals surface area (Å²) in [6.07, 6.45) is 5.65. The van der Waals surface area contributed by atoms with E-state index >= 15 is 0 Å². The van der Waals surface area contributed by atoms with Gasteiger partial charge in [-0.05, 0) is 28.8 Å². The Hall–Kier alpha value is -3.65. The van der Waals surface area contributed by atoms with Crippen molar-refractivity contribution in [1.82, 2.24) is 15.0 Å². The van der Waals surface area contributed by atoms with E-state index in [9.17, 15) is 14.3 Å². The van der Waals surface area contributed by atoms with Crippen LogP contribution in [-0.4, -0.2) is 39.1 Å². The second-order valence-corrected chi connectivity index (χ2v) is 8.70. The minimum absolute atomic E-state index is 0.251. The van der Waals surface area contributed by atoms with Crippen LogP contribution >= 0.6 is 11.3 Å². The molecule has 0 atom stereocenters. The van der Waals surface area contributed by atoms with Crippen molar-refractivity contribution >= 4 is 22.4 Å². The second kappa shape index (κ2) is 8.47. The first-order valence-electron chi connectivity index (χ1n) is 10.1. The highest BCUT2D eigenvalue weighted by molar-refractivity contribution is 7.19. The van der Waals surface area contributed by atoms with Crippen LogP contribution in [0.2, 0.25) is 0 Å². The highest BCUT2D eigenvalue weighted by Crippen LogP contribution is 2.38. The van der Waals surface area contributed by atoms with E-state index in [1.807, 2.05) is 29.2 Å². The van der Waals surface area contributed by atoms with E-state index in [0.717, 1.165) is 38.0 Å². The maximum atomic E-state index is 13.2. The molecule has 0 amide bonds. The van der Waals surface area contributed by atoms with Gasteiger partial charge in [-0.15, -0.1) is 0 Å². The molecule has 1 fully saturated rings. The van der Waals surface area contributed by atoms with Crippen LogP contribution in [0.5, 0.6) is 0 Å². The number of aromatic nitrogens is 3. The van der Waals surface area contributed by atoms with Crippen molar-refractivity contribution in [2.45, 2.75) is 6.42 Å². The summed E-state index contributed by atoms with van der Waals surface area (Å²) in [6, 6.07) is 14.6. The van der Waals surface area contributed by atoms with E-state index in [1.54, 1.807) is 24.5 Å². The lowest BCUT2D eigenvalue weighted by Crippen LogP contribution is -2.50. The molecule has 1 aliphatic rings. The first-order valence-corrected chi connectivity index (χ1v) is 11.0. The smallest absolute Gasteiger partial charge is 0.310 e. The Bertz CT molecular complexity index is 1240. The third-order valence-corrected chi connectivity index (χ3v) is 6.72. The highest BCUT2D eigenvalue weighted by atomic mass is 32.1. The van der Waals surface area contributed by atoms with Crippen LogP contribution in [0.4, 0.5) is 9.52 Å². The summed E-state index contributed by atoms with van der Waals surface area (Å²) in [7, 11) is 0. The maximum absolute atomic E-state index is 13.2. The molecule has 6 nitrogen and oxygen atoms in total. The lowest BCUT2D eigenvalue weighted by atomic mass is 10.0. The average Bonchev–Trinajstić information content (AvgIpc) is 3.17. The van der Waals surface area contributed by atoms with Crippen molar-refractivity contribution in [2.24, 2.45) is 5.92 Å². The quantitative estimate of drug-likeness (QED) is 0.469. The molecule has 2 aromatic carbocycles. The molecule has 2 aromatic heterocycles. The molecule has 0 radical (unpaired) electrons. The molecular weight excluding hydrogens is 427 g/mol. The number of halogens is 1. The van der Waals surface area contributed by atoms with Crippen LogP contribution in [0.25, 0.3) is 21.6 Å². The van der Waals surface area contributed by atoms with Crippen molar-refractivity contribution in [1.29, 1.82) is 0 Å². The molecule has 1 aliphatic heterocycles. The molecule has 5 rings (SSSR count). The number of hydrogen-bond donors (Lipinski definition) is 1. The molecule has 4 aromatic rings. The topological polar surface area (TPSA) is 79.2 Å². The van der Waals surface area contributed by atoms with Crippen molar-refractivity contribution in [3.63, 3.8) is 0 Å². The second-order valence-electron chi connectivity index (χ2n) is 7.72. The lowest BCUT2D eigenvalue weighted by Gasteiger charge is -2.36. The monoisotopic (exact) mass is 446 g/mol. The fourth-order valence-electron chi connectivity index (χ4n) is 3.68. The van der Waals surface area contributed by atoms with E-state index in [1.165, 1.54) is 29.8 Å². The van der Waals surface area contributed by atoms with E-state index < -0.39 is 5.97 Å². The largest absolute Gasteiger partial charge is 0.481 e. The summed E-state index contributed by atoms with van der Waals surface area (Å²) in [5.74, 6) is -1.36. The summed E-state index contributed by atoms with van der Waals surface area (Å²) in [4.78, 5) is 27.3. The van der Waals surface area contributed by atoms with Crippen LogP contribution < -0.4 is 4.90 Å². The zero-order chi connectivity index (χ0) is 22.1. The van der Waals surface area contributed by atoms with Gasteiger partial charge in [-0.3, -0.25) is 4.79 Å². The number of anilines is 1. The van der Waals surface area contributed by atoms with Crippen molar-refractivity contribution in [2.75, 3.05) is 18.0 Å². The number of thiazole rings is 1. The summed E-state index contributed by atoms with van der Waals surface area (Å²) in [5.41, 5.74) is 4.88. The van der Waals surface area contributed by atoms with E-state index in [4.69, 9.17) is 4.98 Å². The predicted octanol–water partition coefficient (Wildman–Crippen LogP) is 4.52. The van der Waals surface area contributed by atoms with Crippen molar-refractivity contribution in [3.8, 4) is 21.6 Å². The predicted molar refractivity (Wildman–Crippen MR) is 121 cm³/mol. The molecule has 160 valence electrons. The summed E-state index contributed by atoms with van der Waals surface area (Å²) >= 11 is 1.54.